The molecule has 1 saturated heterocycles. The largest absolute Gasteiger partial charge is 0.481 e. The second-order valence-electron chi connectivity index (χ2n) is 7.98. The van der Waals surface area contributed by atoms with Crippen LogP contribution in [0.15, 0.2) is 30.3 Å². The van der Waals surface area contributed by atoms with E-state index in [9.17, 15) is 19.5 Å². The molecule has 0 unspecified atom stereocenters. The van der Waals surface area contributed by atoms with Crippen molar-refractivity contribution in [3.05, 3.63) is 35.9 Å². The van der Waals surface area contributed by atoms with E-state index in [-0.39, 0.29) is 37.8 Å². The Morgan fingerprint density at radius 3 is 2.57 bits per heavy atom. The van der Waals surface area contributed by atoms with Crippen LogP contribution < -0.4 is 5.32 Å². The Hall–Kier alpha value is -2.59. The van der Waals surface area contributed by atoms with Crippen molar-refractivity contribution in [2.45, 2.75) is 45.7 Å². The molecular weight excluding hydrogens is 391 g/mol. The number of hydrogen-bond acceptors (Lipinski definition) is 6. The number of alkyl carbamates (subject to hydrolysis) is 1. The van der Waals surface area contributed by atoms with Gasteiger partial charge < -0.3 is 30.1 Å². The summed E-state index contributed by atoms with van der Waals surface area (Å²) in [5.74, 6) is -1.71. The molecule has 30 heavy (non-hydrogen) atoms. The Bertz CT molecular complexity index is 746. The van der Waals surface area contributed by atoms with Crippen LogP contribution in [-0.4, -0.2) is 64.3 Å². The van der Waals surface area contributed by atoms with Crippen LogP contribution in [-0.2, 0) is 20.9 Å². The van der Waals surface area contributed by atoms with Crippen LogP contribution in [0.4, 0.5) is 4.79 Å². The first-order valence-electron chi connectivity index (χ1n) is 9.99. The van der Waals surface area contributed by atoms with E-state index in [1.165, 1.54) is 11.8 Å². The lowest BCUT2D eigenvalue weighted by Crippen LogP contribution is -2.47. The predicted octanol–water partition coefficient (Wildman–Crippen LogP) is 1.10. The van der Waals surface area contributed by atoms with Crippen molar-refractivity contribution >= 4 is 25.1 Å². The van der Waals surface area contributed by atoms with Gasteiger partial charge in [-0.2, -0.15) is 0 Å². The third-order valence-corrected chi connectivity index (χ3v) is 5.59. The number of nitrogens with zero attached hydrogens (tertiary/aromatic N) is 1. The highest BCUT2D eigenvalue weighted by molar-refractivity contribution is 6.40. The van der Waals surface area contributed by atoms with Gasteiger partial charge in [0, 0.05) is 13.1 Å². The van der Waals surface area contributed by atoms with Crippen LogP contribution in [0.2, 0.25) is 6.32 Å². The molecule has 1 aromatic carbocycles. The molecule has 0 bridgehead atoms. The normalized spacial score (nSPS) is 21.7. The molecule has 164 valence electrons. The van der Waals surface area contributed by atoms with Crippen molar-refractivity contribution in [2.75, 3.05) is 13.1 Å². The number of hydrogen-bond donors (Lipinski definition) is 4. The van der Waals surface area contributed by atoms with Crippen LogP contribution >= 0.6 is 0 Å². The number of carboxylic acid groups (broad SMARTS) is 1. The molecule has 0 radical (unpaired) electrons. The maximum atomic E-state index is 12.8. The highest BCUT2D eigenvalue weighted by Crippen LogP contribution is 2.39. The predicted molar refractivity (Wildman–Crippen MR) is 109 cm³/mol. The van der Waals surface area contributed by atoms with E-state index < -0.39 is 30.6 Å². The Morgan fingerprint density at radius 1 is 1.30 bits per heavy atom. The van der Waals surface area contributed by atoms with Gasteiger partial charge in [-0.3, -0.25) is 9.59 Å². The van der Waals surface area contributed by atoms with E-state index in [1.807, 2.05) is 30.3 Å². The van der Waals surface area contributed by atoms with Crippen molar-refractivity contribution in [2.24, 2.45) is 11.3 Å². The number of rotatable bonds is 9. The average Bonchev–Trinajstić information content (AvgIpc) is 3.04. The summed E-state index contributed by atoms with van der Waals surface area (Å²) in [7, 11) is -1.44. The molecule has 1 fully saturated rings. The fourth-order valence-corrected chi connectivity index (χ4v) is 3.70. The van der Waals surface area contributed by atoms with Crippen molar-refractivity contribution in [1.82, 2.24) is 10.2 Å². The Kier molecular flexibility index (Phi) is 8.25. The minimum atomic E-state index is -1.44. The SMILES string of the molecule is C[C@H](NC(=O)OCc1ccccc1)C(=O)N1C[C@H](CCCB(O)O)[C@](C)(C(=O)O)C1. The van der Waals surface area contributed by atoms with Gasteiger partial charge in [0.2, 0.25) is 5.91 Å². The summed E-state index contributed by atoms with van der Waals surface area (Å²) in [5, 5.41) is 30.2. The van der Waals surface area contributed by atoms with Crippen LogP contribution in [0.3, 0.4) is 0 Å². The Balaban J connectivity index is 1.91. The van der Waals surface area contributed by atoms with E-state index in [4.69, 9.17) is 14.8 Å². The average molecular weight is 420 g/mol. The molecule has 0 saturated carbocycles. The molecule has 2 amide bonds. The summed E-state index contributed by atoms with van der Waals surface area (Å²) in [6.07, 6.45) is 0.303. The van der Waals surface area contributed by atoms with Gasteiger partial charge in [-0.25, -0.2) is 4.79 Å². The van der Waals surface area contributed by atoms with Crippen molar-refractivity contribution in [3.63, 3.8) is 0 Å². The number of nitrogens with one attached hydrogen (secondary N) is 1. The monoisotopic (exact) mass is 420 g/mol. The molecule has 0 aliphatic carbocycles. The van der Waals surface area contributed by atoms with E-state index >= 15 is 0 Å². The summed E-state index contributed by atoms with van der Waals surface area (Å²) in [6.45, 7) is 3.45. The topological polar surface area (TPSA) is 136 Å². The summed E-state index contributed by atoms with van der Waals surface area (Å²) in [4.78, 5) is 38.1. The summed E-state index contributed by atoms with van der Waals surface area (Å²) >= 11 is 0. The number of likely N-dealkylation sites (tertiary alicyclic amines) is 1. The molecule has 2 rings (SSSR count). The van der Waals surface area contributed by atoms with E-state index in [1.54, 1.807) is 6.92 Å². The van der Waals surface area contributed by atoms with Crippen LogP contribution in [0.5, 0.6) is 0 Å². The summed E-state index contributed by atoms with van der Waals surface area (Å²) in [5.41, 5.74) is -0.317. The number of ether oxygens (including phenoxy) is 1. The molecule has 4 N–H and O–H groups in total. The van der Waals surface area contributed by atoms with Gasteiger partial charge >= 0.3 is 19.2 Å². The number of carboxylic acids is 1. The minimum absolute atomic E-state index is 0.0264. The summed E-state index contributed by atoms with van der Waals surface area (Å²) < 4.78 is 5.13. The highest BCUT2D eigenvalue weighted by atomic mass is 16.5. The minimum Gasteiger partial charge on any atom is -0.481 e. The van der Waals surface area contributed by atoms with Crippen molar-refractivity contribution in [1.29, 1.82) is 0 Å². The third-order valence-electron chi connectivity index (χ3n) is 5.59. The smallest absolute Gasteiger partial charge is 0.451 e. The number of carbonyl (C=O) groups excluding carboxylic acids is 2. The van der Waals surface area contributed by atoms with E-state index in [2.05, 4.69) is 5.32 Å². The number of benzene rings is 1. The van der Waals surface area contributed by atoms with Gasteiger partial charge in [0.1, 0.15) is 12.6 Å². The Labute approximate surface area is 176 Å². The zero-order valence-corrected chi connectivity index (χ0v) is 17.3. The quantitative estimate of drug-likeness (QED) is 0.439. The second kappa shape index (κ2) is 10.4. The fourth-order valence-electron chi connectivity index (χ4n) is 3.70. The lowest BCUT2D eigenvalue weighted by Gasteiger charge is -2.25. The van der Waals surface area contributed by atoms with Crippen LogP contribution in [0, 0.1) is 11.3 Å². The first-order chi connectivity index (χ1) is 14.1. The van der Waals surface area contributed by atoms with Gasteiger partial charge in [-0.1, -0.05) is 36.8 Å². The fraction of sp³-hybridized carbons (Fsp3) is 0.550. The molecule has 9 nitrogen and oxygen atoms in total. The summed E-state index contributed by atoms with van der Waals surface area (Å²) in [6, 6.07) is 8.26. The molecule has 0 spiro atoms. The number of amides is 2. The van der Waals surface area contributed by atoms with Gasteiger partial charge in [0.15, 0.2) is 0 Å². The highest BCUT2D eigenvalue weighted by Gasteiger charge is 2.50. The first-order valence-corrected chi connectivity index (χ1v) is 9.99. The zero-order valence-electron chi connectivity index (χ0n) is 17.3. The second-order valence-corrected chi connectivity index (χ2v) is 7.98. The van der Waals surface area contributed by atoms with Gasteiger partial charge in [0.25, 0.3) is 0 Å². The third kappa shape index (κ3) is 6.20. The van der Waals surface area contributed by atoms with Gasteiger partial charge in [-0.15, -0.1) is 0 Å². The van der Waals surface area contributed by atoms with E-state index in [0.717, 1.165) is 5.56 Å². The molecule has 3 atom stereocenters. The molecule has 1 aliphatic rings. The standard InChI is InChI=1S/C20H29BN2O7/c1-14(22-19(27)30-12-15-7-4-3-5-8-15)17(24)23-11-16(9-6-10-21(28)29)20(2,13-23)18(25)26/h3-5,7-8,14,16,28-29H,6,9-13H2,1-2H3,(H,22,27)(H,25,26)/t14-,16-,20+/m0/s1. The Morgan fingerprint density at radius 2 is 1.97 bits per heavy atom. The maximum Gasteiger partial charge on any atom is 0.451 e. The molecule has 1 aromatic rings. The number of carbonyl (C=O) groups is 3. The van der Waals surface area contributed by atoms with Crippen molar-refractivity contribution in [3.8, 4) is 0 Å². The lowest BCUT2D eigenvalue weighted by atomic mass is 9.75. The first kappa shape index (κ1) is 23.7. The lowest BCUT2D eigenvalue weighted by molar-refractivity contribution is -0.149. The van der Waals surface area contributed by atoms with Crippen LogP contribution in [0.25, 0.3) is 0 Å². The number of aliphatic carboxylic acids is 1. The van der Waals surface area contributed by atoms with Gasteiger partial charge in [-0.05, 0) is 38.1 Å². The molecule has 1 heterocycles. The molecule has 0 aromatic heterocycles. The molecule has 10 heteroatoms. The van der Waals surface area contributed by atoms with Gasteiger partial charge in [0.05, 0.1) is 5.41 Å². The van der Waals surface area contributed by atoms with Crippen molar-refractivity contribution < 1.29 is 34.3 Å². The zero-order chi connectivity index (χ0) is 22.3. The molecule has 1 aliphatic heterocycles. The van der Waals surface area contributed by atoms with Crippen LogP contribution in [0.1, 0.15) is 32.3 Å². The van der Waals surface area contributed by atoms with E-state index in [0.29, 0.717) is 12.8 Å². The molecular formula is C20H29BN2O7. The maximum absolute atomic E-state index is 12.8.